The highest BCUT2D eigenvalue weighted by atomic mass is 32.2. The Kier molecular flexibility index (Phi) is 5.32. The highest BCUT2D eigenvalue weighted by molar-refractivity contribution is 8.23. The molecule has 0 heterocycles. The molecular weight excluding hydrogens is 204 g/mol. The van der Waals surface area contributed by atoms with Crippen LogP contribution in [0.15, 0.2) is 0 Å². The molecule has 0 amide bonds. The van der Waals surface area contributed by atoms with Gasteiger partial charge in [0.25, 0.3) is 5.97 Å². The van der Waals surface area contributed by atoms with Crippen molar-refractivity contribution < 1.29 is 15.3 Å². The fraction of sp³-hybridized carbons (Fsp3) is 0.600. The Morgan fingerprint density at radius 1 is 1.45 bits per heavy atom. The Balaban J connectivity index is 3.54. The van der Waals surface area contributed by atoms with E-state index in [9.17, 15) is 0 Å². The lowest BCUT2D eigenvalue weighted by Gasteiger charge is -2.12. The van der Waals surface area contributed by atoms with E-state index in [4.69, 9.17) is 27.5 Å². The number of aliphatic hydroxyl groups is 3. The lowest BCUT2D eigenvalue weighted by Crippen LogP contribution is -2.30. The summed E-state index contributed by atoms with van der Waals surface area (Å²) in [6.45, 7) is 0. The summed E-state index contributed by atoms with van der Waals surface area (Å²) < 4.78 is 0.529. The molecule has 0 unspecified atom stereocenters. The van der Waals surface area contributed by atoms with E-state index in [0.717, 1.165) is 11.8 Å². The Hall–Kier alpha value is 0.410. The molecule has 64 valence electrons. The van der Waals surface area contributed by atoms with Crippen LogP contribution in [0.1, 0.15) is 6.42 Å². The van der Waals surface area contributed by atoms with Crippen molar-refractivity contribution >= 4 is 45.8 Å². The lowest BCUT2D eigenvalue weighted by atomic mass is 10.6. The van der Waals surface area contributed by atoms with Gasteiger partial charge in [-0.1, -0.05) is 24.4 Å². The lowest BCUT2D eigenvalue weighted by molar-refractivity contribution is -0.293. The molecular formula is C5H8O3S3. The zero-order valence-corrected chi connectivity index (χ0v) is 8.01. The van der Waals surface area contributed by atoms with Crippen LogP contribution in [0, 0.1) is 0 Å². The van der Waals surface area contributed by atoms with Gasteiger partial charge in [0.05, 0.1) is 9.95 Å². The quantitative estimate of drug-likeness (QED) is 0.453. The third-order valence-corrected chi connectivity index (χ3v) is 2.38. The van der Waals surface area contributed by atoms with Crippen LogP contribution in [0.4, 0.5) is 0 Å². The summed E-state index contributed by atoms with van der Waals surface area (Å²) in [5, 5.41) is 26.7. The number of rotatable bonds is 4. The van der Waals surface area contributed by atoms with Crippen LogP contribution >= 0.6 is 36.2 Å². The standard InChI is InChI=1S/C5H8O3S3/c6-5(7,8)3-11-4(10)1-2-9/h2,6-8H,1,3H2. The van der Waals surface area contributed by atoms with Gasteiger partial charge in [0.15, 0.2) is 0 Å². The molecule has 0 aromatic rings. The maximum absolute atomic E-state index is 8.43. The minimum atomic E-state index is -2.64. The topological polar surface area (TPSA) is 60.7 Å². The highest BCUT2D eigenvalue weighted by Gasteiger charge is 2.18. The Labute approximate surface area is 79.4 Å². The molecule has 0 aliphatic carbocycles. The molecule has 0 radical (unpaired) electrons. The Bertz CT molecular complexity index is 152. The van der Waals surface area contributed by atoms with Gasteiger partial charge in [-0.05, 0) is 5.37 Å². The second kappa shape index (κ2) is 5.13. The Morgan fingerprint density at radius 3 is 2.36 bits per heavy atom. The third kappa shape index (κ3) is 8.32. The molecule has 0 spiro atoms. The molecule has 0 saturated heterocycles. The fourth-order valence-corrected chi connectivity index (χ4v) is 1.50. The highest BCUT2D eigenvalue weighted by Crippen LogP contribution is 2.11. The molecule has 0 aromatic carbocycles. The van der Waals surface area contributed by atoms with Crippen molar-refractivity contribution in [1.82, 2.24) is 0 Å². The van der Waals surface area contributed by atoms with Gasteiger partial charge in [0.2, 0.25) is 0 Å². The second-order valence-electron chi connectivity index (χ2n) is 1.81. The summed E-state index contributed by atoms with van der Waals surface area (Å²) in [7, 11) is 0. The van der Waals surface area contributed by atoms with Gasteiger partial charge in [-0.3, -0.25) is 0 Å². The molecule has 0 aliphatic rings. The van der Waals surface area contributed by atoms with E-state index in [1.54, 1.807) is 0 Å². The maximum atomic E-state index is 8.43. The minimum Gasteiger partial charge on any atom is -0.343 e. The van der Waals surface area contributed by atoms with E-state index < -0.39 is 5.97 Å². The van der Waals surface area contributed by atoms with Gasteiger partial charge >= 0.3 is 0 Å². The zero-order valence-electron chi connectivity index (χ0n) is 5.56. The smallest absolute Gasteiger partial charge is 0.285 e. The third-order valence-electron chi connectivity index (χ3n) is 0.677. The van der Waals surface area contributed by atoms with Gasteiger partial charge in [0, 0.05) is 6.42 Å². The second-order valence-corrected chi connectivity index (χ2v) is 3.96. The predicted molar refractivity (Wildman–Crippen MR) is 52.7 cm³/mol. The average molecular weight is 212 g/mol. The zero-order chi connectivity index (χ0) is 8.91. The van der Waals surface area contributed by atoms with Crippen LogP contribution in [0.2, 0.25) is 0 Å². The summed E-state index contributed by atoms with van der Waals surface area (Å²) in [4.78, 5) is 0. The first kappa shape index (κ1) is 11.4. The maximum Gasteiger partial charge on any atom is 0.285 e. The van der Waals surface area contributed by atoms with Crippen molar-refractivity contribution in [3.8, 4) is 0 Å². The molecule has 0 bridgehead atoms. The van der Waals surface area contributed by atoms with Gasteiger partial charge < -0.3 is 15.3 Å². The van der Waals surface area contributed by atoms with Crippen LogP contribution < -0.4 is 0 Å². The van der Waals surface area contributed by atoms with Crippen molar-refractivity contribution in [2.75, 3.05) is 5.75 Å². The molecule has 0 aromatic heterocycles. The van der Waals surface area contributed by atoms with E-state index in [-0.39, 0.29) is 5.75 Å². The molecule has 0 rings (SSSR count). The van der Waals surface area contributed by atoms with E-state index in [1.807, 2.05) is 0 Å². The van der Waals surface area contributed by atoms with Crippen molar-refractivity contribution in [2.24, 2.45) is 0 Å². The van der Waals surface area contributed by atoms with Gasteiger partial charge in [-0.25, -0.2) is 0 Å². The van der Waals surface area contributed by atoms with Crippen molar-refractivity contribution in [1.29, 1.82) is 0 Å². The predicted octanol–water partition coefficient (Wildman–Crippen LogP) is 0.0675. The normalized spacial score (nSPS) is 11.2. The monoisotopic (exact) mass is 212 g/mol. The first-order chi connectivity index (χ1) is 4.95. The molecule has 11 heavy (non-hydrogen) atoms. The molecule has 0 fully saturated rings. The van der Waals surface area contributed by atoms with Crippen molar-refractivity contribution in [2.45, 2.75) is 12.4 Å². The fourth-order valence-electron chi connectivity index (χ4n) is 0.304. The van der Waals surface area contributed by atoms with Gasteiger partial charge in [-0.2, -0.15) is 0 Å². The van der Waals surface area contributed by atoms with Crippen LogP contribution in [-0.4, -0.2) is 36.6 Å². The summed E-state index contributed by atoms with van der Waals surface area (Å²) in [5.41, 5.74) is 0. The first-order valence-electron chi connectivity index (χ1n) is 2.72. The van der Waals surface area contributed by atoms with E-state index in [1.165, 1.54) is 5.37 Å². The van der Waals surface area contributed by atoms with Crippen LogP contribution in [0.5, 0.6) is 0 Å². The summed E-state index contributed by atoms with van der Waals surface area (Å²) in [6, 6.07) is 0. The molecule has 6 heteroatoms. The minimum absolute atomic E-state index is 0.255. The van der Waals surface area contributed by atoms with Crippen molar-refractivity contribution in [3.05, 3.63) is 0 Å². The molecule has 0 atom stereocenters. The summed E-state index contributed by atoms with van der Waals surface area (Å²) >= 11 is 10.3. The largest absolute Gasteiger partial charge is 0.343 e. The van der Waals surface area contributed by atoms with E-state index in [2.05, 4.69) is 12.2 Å². The van der Waals surface area contributed by atoms with E-state index >= 15 is 0 Å². The Morgan fingerprint density at radius 2 is 2.00 bits per heavy atom. The average Bonchev–Trinajstić information content (AvgIpc) is 1.83. The number of thiocarbonyl (C=S) groups is 2. The number of thioether (sulfide) groups is 1. The van der Waals surface area contributed by atoms with Crippen molar-refractivity contribution in [3.63, 3.8) is 0 Å². The SMILES string of the molecule is OC(O)(O)CSC(=S)CC=S. The van der Waals surface area contributed by atoms with Crippen LogP contribution in [-0.2, 0) is 0 Å². The number of hydrogen-bond acceptors (Lipinski definition) is 6. The summed E-state index contributed by atoms with van der Waals surface area (Å²) in [6.07, 6.45) is 0.450. The molecule has 3 N–H and O–H groups in total. The first-order valence-corrected chi connectivity index (χ1v) is 4.58. The summed E-state index contributed by atoms with van der Waals surface area (Å²) in [5.74, 6) is -2.90. The molecule has 3 nitrogen and oxygen atoms in total. The molecule has 0 saturated carbocycles. The number of hydrogen-bond donors (Lipinski definition) is 3. The van der Waals surface area contributed by atoms with E-state index in [0.29, 0.717) is 10.6 Å². The van der Waals surface area contributed by atoms with Gasteiger partial charge in [0.1, 0.15) is 0 Å². The van der Waals surface area contributed by atoms with Crippen LogP contribution in [0.25, 0.3) is 0 Å². The van der Waals surface area contributed by atoms with Crippen LogP contribution in [0.3, 0.4) is 0 Å². The van der Waals surface area contributed by atoms with Gasteiger partial charge in [-0.15, -0.1) is 11.8 Å². The molecule has 0 aliphatic heterocycles.